The van der Waals surface area contributed by atoms with E-state index in [0.29, 0.717) is 17.4 Å². The van der Waals surface area contributed by atoms with Crippen LogP contribution in [0.15, 0.2) is 73.1 Å². The first kappa shape index (κ1) is 25.8. The Bertz CT molecular complexity index is 1440. The molecule has 206 valence electrons. The second kappa shape index (κ2) is 10.3. The molecular formula is C30H32N6O4. The molecule has 0 atom stereocenters. The molecule has 2 aliphatic rings. The number of hydrogen-bond acceptors (Lipinski definition) is 8. The lowest BCUT2D eigenvalue weighted by Crippen LogP contribution is -2.50. The van der Waals surface area contributed by atoms with Crippen LogP contribution in [0, 0.1) is 0 Å². The fourth-order valence-electron chi connectivity index (χ4n) is 4.94. The Morgan fingerprint density at radius 3 is 2.05 bits per heavy atom. The lowest BCUT2D eigenvalue weighted by atomic mass is 9.88. The predicted molar refractivity (Wildman–Crippen MR) is 147 cm³/mol. The highest BCUT2D eigenvalue weighted by Gasteiger charge is 2.45. The van der Waals surface area contributed by atoms with E-state index in [-0.39, 0.29) is 23.7 Å². The molecule has 0 bridgehead atoms. The molecule has 2 aromatic heterocycles. The van der Waals surface area contributed by atoms with Crippen LogP contribution in [0.5, 0.6) is 17.4 Å². The summed E-state index contributed by atoms with van der Waals surface area (Å²) in [4.78, 5) is 13.3. The van der Waals surface area contributed by atoms with E-state index in [4.69, 9.17) is 14.2 Å². The summed E-state index contributed by atoms with van der Waals surface area (Å²) < 4.78 is 17.3. The second-order valence-corrected chi connectivity index (χ2v) is 11.3. The molecule has 2 saturated carbocycles. The van der Waals surface area contributed by atoms with Crippen molar-refractivity contribution in [2.24, 2.45) is 0 Å². The highest BCUT2D eigenvalue weighted by atomic mass is 16.6. The van der Waals surface area contributed by atoms with Gasteiger partial charge >= 0.3 is 6.09 Å². The number of aromatic nitrogens is 5. The van der Waals surface area contributed by atoms with Crippen LogP contribution in [0.4, 0.5) is 4.79 Å². The van der Waals surface area contributed by atoms with Crippen LogP contribution in [-0.4, -0.2) is 49.0 Å². The molecular weight excluding hydrogens is 508 g/mol. The van der Waals surface area contributed by atoms with E-state index in [9.17, 15) is 4.79 Å². The summed E-state index contributed by atoms with van der Waals surface area (Å²) in [6.07, 6.45) is 6.64. The number of amides is 1. The summed E-state index contributed by atoms with van der Waals surface area (Å²) in [7, 11) is 0. The second-order valence-electron chi connectivity index (χ2n) is 11.3. The van der Waals surface area contributed by atoms with E-state index in [2.05, 4.69) is 50.0 Å². The Kier molecular flexibility index (Phi) is 6.61. The van der Waals surface area contributed by atoms with Gasteiger partial charge in [0, 0.05) is 30.4 Å². The van der Waals surface area contributed by atoms with E-state index >= 15 is 0 Å². The summed E-state index contributed by atoms with van der Waals surface area (Å²) in [6, 6.07) is 20.2. The van der Waals surface area contributed by atoms with E-state index in [1.807, 2.05) is 45.0 Å². The van der Waals surface area contributed by atoms with Gasteiger partial charge in [0.05, 0.1) is 12.4 Å². The Hall–Kier alpha value is -4.47. The monoisotopic (exact) mass is 540 g/mol. The van der Waals surface area contributed by atoms with Crippen molar-refractivity contribution >= 4 is 6.09 Å². The third kappa shape index (κ3) is 5.75. The molecule has 6 rings (SSSR count). The van der Waals surface area contributed by atoms with Gasteiger partial charge in [-0.05, 0) is 75.1 Å². The van der Waals surface area contributed by atoms with Gasteiger partial charge in [-0.1, -0.05) is 24.3 Å². The maximum absolute atomic E-state index is 11.9. The first-order chi connectivity index (χ1) is 19.3. The molecule has 2 fully saturated rings. The highest BCUT2D eigenvalue weighted by molar-refractivity contribution is 5.68. The molecule has 0 unspecified atom stereocenters. The molecule has 10 nitrogen and oxygen atoms in total. The number of alkyl carbamates (subject to hydrolysis) is 1. The highest BCUT2D eigenvalue weighted by Crippen LogP contribution is 2.54. The van der Waals surface area contributed by atoms with Crippen molar-refractivity contribution in [3.8, 4) is 23.2 Å². The number of ether oxygens (including phenoxy) is 3. The van der Waals surface area contributed by atoms with Crippen molar-refractivity contribution in [2.75, 3.05) is 0 Å². The van der Waals surface area contributed by atoms with Crippen LogP contribution in [-0.2, 0) is 10.2 Å². The Labute approximate surface area is 232 Å². The van der Waals surface area contributed by atoms with Gasteiger partial charge in [0.15, 0.2) is 5.82 Å². The van der Waals surface area contributed by atoms with Gasteiger partial charge in [0.2, 0.25) is 5.88 Å². The SMILES string of the molecule is CC(C)(C)OC(=O)NC1CC(Oc2ccc(C3(c4ccc(Oc5ccc(-n6nccn6)nn5)cc4)CC3)cc2)C1. The van der Waals surface area contributed by atoms with Crippen LogP contribution in [0.25, 0.3) is 5.82 Å². The largest absolute Gasteiger partial charge is 0.490 e. The molecule has 0 spiro atoms. The Balaban J connectivity index is 1.02. The van der Waals surface area contributed by atoms with E-state index in [1.165, 1.54) is 15.9 Å². The third-order valence-corrected chi connectivity index (χ3v) is 7.15. The number of nitrogens with zero attached hydrogens (tertiary/aromatic N) is 5. The molecule has 10 heteroatoms. The number of carbonyl (C=O) groups excluding carboxylic acids is 1. The average Bonchev–Trinajstić information content (AvgIpc) is 3.53. The van der Waals surface area contributed by atoms with Gasteiger partial charge in [-0.25, -0.2) is 4.79 Å². The van der Waals surface area contributed by atoms with Gasteiger partial charge in [-0.15, -0.1) is 15.0 Å². The fraction of sp³-hybridized carbons (Fsp3) is 0.367. The quantitative estimate of drug-likeness (QED) is 0.318. The van der Waals surface area contributed by atoms with Crippen LogP contribution in [0.2, 0.25) is 0 Å². The Morgan fingerprint density at radius 1 is 0.875 bits per heavy atom. The minimum atomic E-state index is -0.498. The van der Waals surface area contributed by atoms with Gasteiger partial charge in [-0.2, -0.15) is 10.2 Å². The Morgan fingerprint density at radius 2 is 1.50 bits per heavy atom. The van der Waals surface area contributed by atoms with Crippen molar-refractivity contribution in [1.29, 1.82) is 0 Å². The molecule has 0 saturated heterocycles. The average molecular weight is 541 g/mol. The van der Waals surface area contributed by atoms with Crippen LogP contribution < -0.4 is 14.8 Å². The molecule has 0 aliphatic heterocycles. The van der Waals surface area contributed by atoms with Gasteiger partial charge < -0.3 is 19.5 Å². The molecule has 1 N–H and O–H groups in total. The number of carbonyl (C=O) groups is 1. The number of nitrogens with one attached hydrogen (secondary N) is 1. The number of benzene rings is 2. The predicted octanol–water partition coefficient (Wildman–Crippen LogP) is 5.36. The number of hydrogen-bond donors (Lipinski definition) is 1. The van der Waals surface area contributed by atoms with Gasteiger partial charge in [-0.3, -0.25) is 0 Å². The van der Waals surface area contributed by atoms with Gasteiger partial charge in [0.1, 0.15) is 23.2 Å². The van der Waals surface area contributed by atoms with Crippen molar-refractivity contribution in [3.05, 3.63) is 84.2 Å². The summed E-state index contributed by atoms with van der Waals surface area (Å²) >= 11 is 0. The normalized spacial score (nSPS) is 19.3. The lowest BCUT2D eigenvalue weighted by Gasteiger charge is -2.36. The van der Waals surface area contributed by atoms with E-state index in [1.54, 1.807) is 24.5 Å². The molecule has 2 aromatic carbocycles. The number of rotatable bonds is 8. The summed E-state index contributed by atoms with van der Waals surface area (Å²) in [6.45, 7) is 5.58. The maximum Gasteiger partial charge on any atom is 0.407 e. The van der Waals surface area contributed by atoms with Crippen molar-refractivity contribution in [2.45, 2.75) is 69.6 Å². The molecule has 2 aliphatic carbocycles. The van der Waals surface area contributed by atoms with Gasteiger partial charge in [0.25, 0.3) is 0 Å². The molecule has 1 amide bonds. The van der Waals surface area contributed by atoms with Crippen LogP contribution >= 0.6 is 0 Å². The van der Waals surface area contributed by atoms with Crippen LogP contribution in [0.1, 0.15) is 57.6 Å². The first-order valence-electron chi connectivity index (χ1n) is 13.5. The lowest BCUT2D eigenvalue weighted by molar-refractivity contribution is 0.0363. The summed E-state index contributed by atoms with van der Waals surface area (Å²) in [5.41, 5.74) is 2.06. The van der Waals surface area contributed by atoms with Crippen molar-refractivity contribution < 1.29 is 19.0 Å². The maximum atomic E-state index is 11.9. The first-order valence-corrected chi connectivity index (χ1v) is 13.5. The minimum Gasteiger partial charge on any atom is -0.490 e. The molecule has 0 radical (unpaired) electrons. The zero-order valence-electron chi connectivity index (χ0n) is 22.8. The summed E-state index contributed by atoms with van der Waals surface area (Å²) in [5, 5.41) is 19.2. The van der Waals surface area contributed by atoms with E-state index < -0.39 is 5.60 Å². The molecule has 4 aromatic rings. The summed E-state index contributed by atoms with van der Waals surface area (Å²) in [5.74, 6) is 2.47. The van der Waals surface area contributed by atoms with Crippen LogP contribution in [0.3, 0.4) is 0 Å². The fourth-order valence-corrected chi connectivity index (χ4v) is 4.94. The van der Waals surface area contributed by atoms with Crippen molar-refractivity contribution in [3.63, 3.8) is 0 Å². The zero-order valence-corrected chi connectivity index (χ0v) is 22.8. The molecule has 40 heavy (non-hydrogen) atoms. The third-order valence-electron chi connectivity index (χ3n) is 7.15. The topological polar surface area (TPSA) is 113 Å². The van der Waals surface area contributed by atoms with E-state index in [0.717, 1.165) is 31.4 Å². The smallest absolute Gasteiger partial charge is 0.407 e. The molecule has 2 heterocycles. The minimum absolute atomic E-state index is 0.0220. The standard InChI is InChI=1S/C30H32N6O4/c1-29(2,3)40-28(37)33-22-18-25(19-22)38-23-8-4-20(5-9-23)30(14-15-30)21-6-10-24(11-7-21)39-27-13-12-26(34-35-27)36-31-16-17-32-36/h4-13,16-17,22,25H,14-15,18-19H2,1-3H3,(H,33,37). The zero-order chi connectivity index (χ0) is 27.7. The van der Waals surface area contributed by atoms with Crippen molar-refractivity contribution in [1.82, 2.24) is 30.5 Å².